The van der Waals surface area contributed by atoms with E-state index in [4.69, 9.17) is 47.2 Å². The molecule has 0 radical (unpaired) electrons. The average Bonchev–Trinajstić information content (AvgIpc) is 0.784. The molecule has 17 nitrogen and oxygen atoms in total. The summed E-state index contributed by atoms with van der Waals surface area (Å²) in [6.07, 6.45) is 11.5. The van der Waals surface area contributed by atoms with Gasteiger partial charge in [-0.3, -0.25) is 33.5 Å². The predicted octanol–water partition coefficient (Wildman–Crippen LogP) is 16.3. The quantitative estimate of drug-likeness (QED) is 0.128. The van der Waals surface area contributed by atoms with E-state index in [-0.39, 0.29) is 96.8 Å². The first kappa shape index (κ1) is 80.1. The van der Waals surface area contributed by atoms with E-state index in [1.807, 2.05) is 93.6 Å². The van der Waals surface area contributed by atoms with E-state index in [1.54, 1.807) is 105 Å². The third-order valence-electron chi connectivity index (χ3n) is 13.0. The van der Waals surface area contributed by atoms with Crippen LogP contribution >= 0.6 is 66.7 Å². The van der Waals surface area contributed by atoms with Crippen molar-refractivity contribution in [3.05, 3.63) is 296 Å². The van der Waals surface area contributed by atoms with Gasteiger partial charge in [-0.15, -0.1) is 0 Å². The minimum Gasteiger partial charge on any atom is -0.370 e. The molecule has 12 rings (SSSR count). The number of rotatable bonds is 9. The number of nitrogens with zero attached hydrogens (tertiary/aromatic N) is 11. The zero-order valence-electron chi connectivity index (χ0n) is 51.5. The molecule has 6 aromatic carbocycles. The van der Waals surface area contributed by atoms with E-state index in [9.17, 15) is 42.0 Å². The van der Waals surface area contributed by atoms with Gasteiger partial charge < -0.3 is 29.7 Å². The summed E-state index contributed by atoms with van der Waals surface area (Å²) in [5.74, 6) is -1.86. The molecule has 6 heterocycles. The summed E-state index contributed by atoms with van der Waals surface area (Å²) in [5, 5.41) is 22.8. The van der Waals surface area contributed by atoms with Crippen LogP contribution in [0.1, 0.15) is 62.7 Å². The second-order valence-electron chi connectivity index (χ2n) is 19.0. The van der Waals surface area contributed by atoms with Gasteiger partial charge in [-0.25, -0.2) is 13.2 Å². The molecule has 0 atom stereocenters. The van der Waals surface area contributed by atoms with Crippen molar-refractivity contribution < 1.29 is 44.8 Å². The normalized spacial score (nSPS) is 9.95. The number of pyridine rings is 5. The number of anilines is 1. The number of hydrogen-bond acceptors (Lipinski definition) is 13. The van der Waals surface area contributed by atoms with Crippen LogP contribution in [0.25, 0.3) is 49.8 Å². The summed E-state index contributed by atoms with van der Waals surface area (Å²) in [4.78, 5) is 69.4. The molecule has 3 N–H and O–H groups in total. The van der Waals surface area contributed by atoms with Gasteiger partial charge in [0.2, 0.25) is 32.1 Å². The Morgan fingerprint density at radius 2 is 0.959 bits per heavy atom. The molecule has 97 heavy (non-hydrogen) atoms. The van der Waals surface area contributed by atoms with Crippen LogP contribution in [0.3, 0.4) is 0 Å². The zero-order valence-corrected chi connectivity index (χ0v) is 58.9. The van der Waals surface area contributed by atoms with Crippen molar-refractivity contribution in [2.45, 2.75) is 41.8 Å². The Hall–Kier alpha value is -9.29. The number of amides is 1. The van der Waals surface area contributed by atoms with Crippen molar-refractivity contribution in [3.8, 4) is 29.2 Å². The number of nitrogens with one attached hydrogen (secondary N) is 1. The van der Waals surface area contributed by atoms with Crippen molar-refractivity contribution in [1.29, 1.82) is 10.5 Å². The largest absolute Gasteiger partial charge is 0.370 e. The number of halogens is 9. The predicted molar refractivity (Wildman–Crippen MR) is 382 cm³/mol. The fourth-order valence-corrected chi connectivity index (χ4v) is 10.1. The number of fused-ring (bicyclic) bond motifs is 3. The molecular formula is C70H62Br2Cl3F4N13O4W. The number of carbonyl (C=O) groups is 1. The number of nitriles is 2. The number of carbonyl (C=O) groups excluding carboxylic acids is 1. The maximum absolute atomic E-state index is 13.3. The Balaban J connectivity index is 0.000000328. The molecule has 12 aromatic rings. The van der Waals surface area contributed by atoms with Crippen molar-refractivity contribution in [2.75, 3.05) is 26.1 Å². The first-order valence-corrected chi connectivity index (χ1v) is 30.4. The van der Waals surface area contributed by atoms with Gasteiger partial charge in [-0.05, 0) is 193 Å². The van der Waals surface area contributed by atoms with Crippen LogP contribution in [0, 0.1) is 40.1 Å². The van der Waals surface area contributed by atoms with Gasteiger partial charge in [-0.2, -0.15) is 25.5 Å². The van der Waals surface area contributed by atoms with Gasteiger partial charge in [-0.1, -0.05) is 72.7 Å². The minimum atomic E-state index is -1.00. The van der Waals surface area contributed by atoms with Crippen LogP contribution < -0.4 is 32.2 Å². The number of benzene rings is 6. The molecule has 0 aliphatic carbocycles. The Bertz CT molecular complexity index is 4840. The van der Waals surface area contributed by atoms with Gasteiger partial charge in [0.05, 0.1) is 25.1 Å². The third-order valence-corrected chi connectivity index (χ3v) is 14.5. The van der Waals surface area contributed by atoms with Gasteiger partial charge in [0.25, 0.3) is 5.91 Å². The van der Waals surface area contributed by atoms with Gasteiger partial charge >= 0.3 is 0 Å². The van der Waals surface area contributed by atoms with E-state index >= 15 is 0 Å². The molecule has 27 heteroatoms. The molecule has 1 amide bonds. The van der Waals surface area contributed by atoms with Gasteiger partial charge in [0.1, 0.15) is 46.3 Å². The number of primary amides is 1. The summed E-state index contributed by atoms with van der Waals surface area (Å²) in [6.45, 7) is 5.53. The average molecular weight is 1680 g/mol. The summed E-state index contributed by atoms with van der Waals surface area (Å²) in [5.41, 5.74) is 11.2. The van der Waals surface area contributed by atoms with E-state index in [1.165, 1.54) is 60.6 Å². The molecule has 0 saturated heterocycles. The summed E-state index contributed by atoms with van der Waals surface area (Å²) in [7, 11) is 2.85. The maximum Gasteiger partial charge on any atom is 0.254 e. The van der Waals surface area contributed by atoms with Crippen LogP contribution in [0.2, 0.25) is 15.9 Å². The molecule has 0 saturated carbocycles. The molecular weight excluding hydrogens is 1610 g/mol. The first-order chi connectivity index (χ1) is 45.7. The van der Waals surface area contributed by atoms with E-state index < -0.39 is 18.5 Å². The fraction of sp³-hybridized carbons (Fsp3) is 0.129. The Morgan fingerprint density at radius 1 is 0.598 bits per heavy atom. The van der Waals surface area contributed by atoms with E-state index in [0.29, 0.717) is 60.8 Å². The Labute approximate surface area is 604 Å². The monoisotopic (exact) mass is 1670 g/mol. The SMILES string of the molecule is C.C.CC.CN(Cc1cccnc1)c1ccc2c(c1)c(=O)c(C#N)cn2-c1ccc(F)cc1.CNCc1cccnc1.Clc1nc(Cl)nc(Cl)n1.N#Cc1cn(-c2ccc(F)cc2)c2ccc(Br)cc2c1=O.NC(=O)c1cn(-c2ccc(F)cc2)c2ccc(Br)cc2c1=O.[2H]CF.[W]. The van der Waals surface area contributed by atoms with E-state index in [0.717, 1.165) is 22.3 Å². The minimum absolute atomic E-state index is 0. The molecule has 6 aromatic heterocycles. The summed E-state index contributed by atoms with van der Waals surface area (Å²) < 4.78 is 61.5. The molecule has 0 aliphatic rings. The van der Waals surface area contributed by atoms with Crippen LogP contribution in [0.5, 0.6) is 0 Å². The molecule has 0 fully saturated rings. The standard InChI is InChI=1S/C23H17FN4O.C16H10BrFN2O2.C16H8BrFN2O.C7H10N2.C3Cl3N3.C2H6.CH3F.2CH4.W/c1-27(14-16-3-2-10-26-13-16)20-8-9-22-21(11-20)23(29)17(12-25)15-28(22)19-6-4-18(24)5-7-19;17-9-1-6-14-12(7-9)15(21)13(16(19)22)8-20(14)11-4-2-10(18)3-5-11;17-11-1-6-15-14(7-11)16(21)10(8-19)9-20(15)13-4-2-12(18)3-5-13;1-8-5-7-3-2-4-9-6-7;4-1-7-2(5)9-3(6)8-1;2*1-2;;;/h2-11,13,15H,14H2,1H3;1-8H,(H2,19,22);1-7,9H;2-4,6,8H,5H2,1H3;;1-2H3;1H3;2*1H4;/i;;;;;;1D;;;. The van der Waals surface area contributed by atoms with Crippen LogP contribution in [0.15, 0.2) is 218 Å². The number of hydrogen-bond donors (Lipinski definition) is 2. The first-order valence-electron chi connectivity index (χ1n) is 28.4. The summed E-state index contributed by atoms with van der Waals surface area (Å²) >= 11 is 22.6. The van der Waals surface area contributed by atoms with Crippen LogP contribution in [-0.2, 0) is 34.2 Å². The number of alkyl halides is 1. The molecule has 0 spiro atoms. The smallest absolute Gasteiger partial charge is 0.254 e. The number of nitrogens with two attached hydrogens (primary N) is 1. The molecule has 0 bridgehead atoms. The van der Waals surface area contributed by atoms with Crippen LogP contribution in [-0.4, -0.2) is 65.8 Å². The van der Waals surface area contributed by atoms with Crippen molar-refractivity contribution >= 4 is 111 Å². The fourth-order valence-electron chi connectivity index (χ4n) is 8.81. The topological polar surface area (TPSA) is 236 Å². The Morgan fingerprint density at radius 3 is 1.32 bits per heavy atom. The molecule has 0 aliphatic heterocycles. The van der Waals surface area contributed by atoms with Crippen molar-refractivity contribution in [2.24, 2.45) is 5.73 Å². The summed E-state index contributed by atoms with van der Waals surface area (Å²) in [6, 6.07) is 45.2. The third kappa shape index (κ3) is 22.4. The number of aromatic nitrogens is 8. The van der Waals surface area contributed by atoms with Gasteiger partial charge in [0, 0.05) is 132 Å². The van der Waals surface area contributed by atoms with E-state index in [2.05, 4.69) is 62.1 Å². The second kappa shape index (κ2) is 40.3. The second-order valence-corrected chi connectivity index (χ2v) is 21.9. The van der Waals surface area contributed by atoms with Crippen molar-refractivity contribution in [1.82, 2.24) is 43.9 Å². The maximum atomic E-state index is 13.3. The zero-order chi connectivity index (χ0) is 69.3. The van der Waals surface area contributed by atoms with Crippen LogP contribution in [0.4, 0.5) is 23.2 Å². The van der Waals surface area contributed by atoms with Gasteiger partial charge in [0.15, 0.2) is 0 Å². The van der Waals surface area contributed by atoms with Crippen molar-refractivity contribution in [3.63, 3.8) is 0 Å². The Kier molecular flexibility index (Phi) is 33.3. The molecule has 0 unspecified atom stereocenters. The molecule has 500 valence electrons.